The summed E-state index contributed by atoms with van der Waals surface area (Å²) >= 11 is 0. The van der Waals surface area contributed by atoms with Crippen LogP contribution < -0.4 is 5.11 Å². The van der Waals surface area contributed by atoms with E-state index in [1.54, 1.807) is 0 Å². The summed E-state index contributed by atoms with van der Waals surface area (Å²) < 4.78 is 22.7. The number of hydrogen-bond donors (Lipinski definition) is 0. The molecule has 2 unspecified atom stereocenters. The van der Waals surface area contributed by atoms with Crippen LogP contribution >= 0.6 is 0 Å². The van der Waals surface area contributed by atoms with Gasteiger partial charge in [-0.05, 0) is 12.8 Å². The lowest BCUT2D eigenvalue weighted by Crippen LogP contribution is -2.44. The van der Waals surface area contributed by atoms with Crippen molar-refractivity contribution in [3.8, 4) is 0 Å². The van der Waals surface area contributed by atoms with Crippen molar-refractivity contribution in [3.63, 3.8) is 0 Å². The molecule has 0 N–H and O–H groups in total. The van der Waals surface area contributed by atoms with Crippen LogP contribution in [0.4, 0.5) is 0 Å². The second-order valence-corrected chi connectivity index (χ2v) is 19.5. The minimum Gasteiger partial charge on any atom is -0.545 e. The molecule has 0 aromatic rings. The molecular weight excluding hydrogens is 779 g/mol. The van der Waals surface area contributed by atoms with Gasteiger partial charge < -0.3 is 33.3 Å². The molecule has 0 heterocycles. The molecule has 0 spiro atoms. The largest absolute Gasteiger partial charge is 0.545 e. The van der Waals surface area contributed by atoms with Gasteiger partial charge in [-0.1, -0.05) is 239 Å². The number of nitrogens with zero attached hydrogens (tertiary/aromatic N) is 1. The van der Waals surface area contributed by atoms with Gasteiger partial charge in [0.1, 0.15) is 13.2 Å². The Morgan fingerprint density at radius 1 is 0.419 bits per heavy atom. The minimum atomic E-state index is -1.61. The van der Waals surface area contributed by atoms with Crippen molar-refractivity contribution in [3.05, 3.63) is 0 Å². The molecule has 0 radical (unpaired) electrons. The molecule has 0 aliphatic rings. The maximum atomic E-state index is 12.8. The lowest BCUT2D eigenvalue weighted by Gasteiger charge is -2.26. The zero-order valence-electron chi connectivity index (χ0n) is 41.8. The Morgan fingerprint density at radius 2 is 0.726 bits per heavy atom. The van der Waals surface area contributed by atoms with E-state index in [2.05, 4.69) is 13.8 Å². The summed E-state index contributed by atoms with van der Waals surface area (Å²) in [6, 6.07) is 0. The molecule has 0 aliphatic heterocycles. The van der Waals surface area contributed by atoms with E-state index in [-0.39, 0.29) is 32.2 Å². The molecule has 0 amide bonds. The fraction of sp³-hybridized carbons (Fsp3) is 0.943. The zero-order chi connectivity index (χ0) is 45.6. The lowest BCUT2D eigenvalue weighted by molar-refractivity contribution is -0.870. The summed E-state index contributed by atoms with van der Waals surface area (Å²) in [5, 5.41) is 11.7. The molecule has 0 fully saturated rings. The van der Waals surface area contributed by atoms with Gasteiger partial charge in [-0.25, -0.2) is 0 Å². The van der Waals surface area contributed by atoms with Gasteiger partial charge >= 0.3 is 11.9 Å². The number of carbonyl (C=O) groups is 3. The van der Waals surface area contributed by atoms with Crippen molar-refractivity contribution in [1.82, 2.24) is 0 Å². The summed E-state index contributed by atoms with van der Waals surface area (Å²) in [7, 11) is 5.93. The molecule has 9 heteroatoms. The van der Waals surface area contributed by atoms with Crippen molar-refractivity contribution in [2.45, 2.75) is 277 Å². The highest BCUT2D eigenvalue weighted by Gasteiger charge is 2.22. The van der Waals surface area contributed by atoms with Gasteiger partial charge in [-0.3, -0.25) is 9.59 Å². The first-order chi connectivity index (χ1) is 30.1. The first-order valence-electron chi connectivity index (χ1n) is 26.7. The molecule has 0 aromatic carbocycles. The minimum absolute atomic E-state index is 0.153. The number of esters is 2. The predicted octanol–water partition coefficient (Wildman–Crippen LogP) is 13.5. The van der Waals surface area contributed by atoms with Crippen molar-refractivity contribution in [1.29, 1.82) is 0 Å². The molecule has 9 nitrogen and oxygen atoms in total. The first kappa shape index (κ1) is 60.3. The highest BCUT2D eigenvalue weighted by molar-refractivity contribution is 5.70. The second-order valence-electron chi connectivity index (χ2n) is 19.5. The molecule has 62 heavy (non-hydrogen) atoms. The summed E-state index contributed by atoms with van der Waals surface area (Å²) in [5.41, 5.74) is 0. The number of hydrogen-bond acceptors (Lipinski definition) is 8. The van der Waals surface area contributed by atoms with Gasteiger partial charge in [0.05, 0.1) is 40.3 Å². The van der Waals surface area contributed by atoms with Crippen LogP contribution in [0.15, 0.2) is 0 Å². The number of carboxylic acids is 1. The van der Waals surface area contributed by atoms with Gasteiger partial charge in [0.2, 0.25) is 0 Å². The van der Waals surface area contributed by atoms with Gasteiger partial charge in [0, 0.05) is 12.8 Å². The van der Waals surface area contributed by atoms with Crippen LogP contribution in [-0.4, -0.2) is 82.3 Å². The van der Waals surface area contributed by atoms with Crippen LogP contribution in [-0.2, 0) is 33.3 Å². The SMILES string of the molecule is CCCCCCCCCCCCCCCCCCCCCCC(=O)OC(COC(=O)CCCCCCCCCCCCCCCCCCC)COC(OCC[N+](C)(C)C)C(=O)[O-]. The monoisotopic (exact) mass is 882 g/mol. The van der Waals surface area contributed by atoms with E-state index in [0.717, 1.165) is 38.5 Å². The van der Waals surface area contributed by atoms with Gasteiger partial charge in [-0.15, -0.1) is 0 Å². The average molecular weight is 882 g/mol. The number of aliphatic carboxylic acids is 1. The van der Waals surface area contributed by atoms with Crippen molar-refractivity contribution < 1.29 is 42.9 Å². The van der Waals surface area contributed by atoms with Crippen molar-refractivity contribution in [2.75, 3.05) is 47.5 Å². The standard InChI is InChI=1S/C53H103NO8/c1-6-8-10-12-14-16-18-20-22-24-25-26-28-30-32-34-36-38-40-42-44-51(56)62-49(48-61-53(52(57)58)59-46-45-54(3,4)5)47-60-50(55)43-41-39-37-35-33-31-29-27-23-21-19-17-15-13-11-9-7-2/h49,53H,6-48H2,1-5H3. The van der Waals surface area contributed by atoms with E-state index in [1.807, 2.05) is 21.1 Å². The first-order valence-corrected chi connectivity index (χ1v) is 26.7. The fourth-order valence-electron chi connectivity index (χ4n) is 7.95. The number of quaternary nitrogens is 1. The van der Waals surface area contributed by atoms with Crippen LogP contribution in [0.5, 0.6) is 0 Å². The molecule has 0 saturated heterocycles. The Balaban J connectivity index is 4.26. The molecular formula is C53H103NO8. The van der Waals surface area contributed by atoms with Crippen LogP contribution in [0.25, 0.3) is 0 Å². The van der Waals surface area contributed by atoms with Crippen LogP contribution in [0, 0.1) is 0 Å². The molecule has 0 aliphatic carbocycles. The maximum absolute atomic E-state index is 12.8. The number of ether oxygens (including phenoxy) is 4. The Labute approximate surface area is 383 Å². The number of carboxylic acid groups (broad SMARTS) is 1. The van der Waals surface area contributed by atoms with E-state index in [1.165, 1.54) is 199 Å². The third-order valence-electron chi connectivity index (χ3n) is 12.1. The number of rotatable bonds is 50. The number of unbranched alkanes of at least 4 members (excludes halogenated alkanes) is 35. The van der Waals surface area contributed by atoms with Crippen LogP contribution in [0.3, 0.4) is 0 Å². The Morgan fingerprint density at radius 3 is 1.03 bits per heavy atom. The van der Waals surface area contributed by atoms with Crippen molar-refractivity contribution >= 4 is 17.9 Å². The van der Waals surface area contributed by atoms with E-state index >= 15 is 0 Å². The molecule has 0 bridgehead atoms. The normalized spacial score (nSPS) is 12.7. The van der Waals surface area contributed by atoms with Crippen LogP contribution in [0.1, 0.15) is 264 Å². The van der Waals surface area contributed by atoms with Gasteiger partial charge in [-0.2, -0.15) is 0 Å². The number of carbonyl (C=O) groups excluding carboxylic acids is 3. The maximum Gasteiger partial charge on any atom is 0.306 e. The summed E-state index contributed by atoms with van der Waals surface area (Å²) in [6.45, 7) is 4.80. The van der Waals surface area contributed by atoms with E-state index in [0.29, 0.717) is 17.4 Å². The molecule has 0 rings (SSSR count). The molecule has 368 valence electrons. The molecule has 0 saturated carbocycles. The van der Waals surface area contributed by atoms with E-state index < -0.39 is 24.3 Å². The van der Waals surface area contributed by atoms with Gasteiger partial charge in [0.15, 0.2) is 12.4 Å². The fourth-order valence-corrected chi connectivity index (χ4v) is 7.95. The topological polar surface area (TPSA) is 111 Å². The summed E-state index contributed by atoms with van der Waals surface area (Å²) in [5.74, 6) is -2.26. The van der Waals surface area contributed by atoms with Crippen molar-refractivity contribution in [2.24, 2.45) is 0 Å². The predicted molar refractivity (Wildman–Crippen MR) is 256 cm³/mol. The zero-order valence-corrected chi connectivity index (χ0v) is 41.8. The Hall–Kier alpha value is -1.71. The number of likely N-dealkylation sites (N-methyl/N-ethyl adjacent to an activating group) is 1. The van der Waals surface area contributed by atoms with E-state index in [4.69, 9.17) is 18.9 Å². The highest BCUT2D eigenvalue weighted by Crippen LogP contribution is 2.17. The molecule has 0 aromatic heterocycles. The third kappa shape index (κ3) is 46.3. The van der Waals surface area contributed by atoms with Gasteiger partial charge in [0.25, 0.3) is 0 Å². The Bertz CT molecular complexity index is 985. The summed E-state index contributed by atoms with van der Waals surface area (Å²) in [6.07, 6.45) is 45.6. The third-order valence-corrected chi connectivity index (χ3v) is 12.1. The lowest BCUT2D eigenvalue weighted by atomic mass is 10.0. The summed E-state index contributed by atoms with van der Waals surface area (Å²) in [4.78, 5) is 37.2. The smallest absolute Gasteiger partial charge is 0.306 e. The average Bonchev–Trinajstić information content (AvgIpc) is 3.23. The second kappa shape index (κ2) is 45.8. The molecule has 2 atom stereocenters. The highest BCUT2D eigenvalue weighted by atomic mass is 16.7. The van der Waals surface area contributed by atoms with E-state index in [9.17, 15) is 19.5 Å². The van der Waals surface area contributed by atoms with Crippen LogP contribution in [0.2, 0.25) is 0 Å². The Kier molecular flexibility index (Phi) is 44.6. The quantitative estimate of drug-likeness (QED) is 0.0257.